The zero-order chi connectivity index (χ0) is 18.8. The molecule has 1 fully saturated rings. The first kappa shape index (κ1) is 18.0. The molecule has 4 atom stereocenters. The fourth-order valence-corrected chi connectivity index (χ4v) is 4.43. The second-order valence-corrected chi connectivity index (χ2v) is 7.56. The van der Waals surface area contributed by atoms with Gasteiger partial charge in [-0.05, 0) is 37.0 Å². The number of benzene rings is 1. The van der Waals surface area contributed by atoms with Crippen molar-refractivity contribution in [2.24, 2.45) is 5.92 Å². The highest BCUT2D eigenvalue weighted by atomic mass is 16.5. The van der Waals surface area contributed by atoms with Gasteiger partial charge in [-0.3, -0.25) is 4.68 Å². The highest BCUT2D eigenvalue weighted by Crippen LogP contribution is 2.34. The predicted octanol–water partition coefficient (Wildman–Crippen LogP) is 3.01. The summed E-state index contributed by atoms with van der Waals surface area (Å²) >= 11 is 0. The molecule has 1 aromatic heterocycles. The van der Waals surface area contributed by atoms with Crippen molar-refractivity contribution in [1.82, 2.24) is 20.4 Å². The van der Waals surface area contributed by atoms with E-state index < -0.39 is 0 Å². The lowest BCUT2D eigenvalue weighted by Gasteiger charge is -2.22. The van der Waals surface area contributed by atoms with Gasteiger partial charge in [-0.25, -0.2) is 4.79 Å². The smallest absolute Gasteiger partial charge is 0.315 e. The van der Waals surface area contributed by atoms with E-state index in [1.54, 1.807) is 0 Å². The number of carbonyl (C=O) groups is 1. The Morgan fingerprint density at radius 1 is 1.33 bits per heavy atom. The van der Waals surface area contributed by atoms with Crippen molar-refractivity contribution < 1.29 is 9.53 Å². The first-order chi connectivity index (χ1) is 13.2. The Labute approximate surface area is 160 Å². The van der Waals surface area contributed by atoms with Crippen LogP contribution in [-0.4, -0.2) is 35.0 Å². The molecule has 144 valence electrons. The van der Waals surface area contributed by atoms with Crippen LogP contribution in [0, 0.1) is 5.92 Å². The van der Waals surface area contributed by atoms with E-state index in [9.17, 15) is 4.79 Å². The number of aryl methyl sites for hydroxylation is 1. The van der Waals surface area contributed by atoms with E-state index in [4.69, 9.17) is 4.74 Å². The third-order valence-corrected chi connectivity index (χ3v) is 5.98. The SMILES string of the molecule is CCn1nccc1[C@@H]1OCC[C@H]1CNC(=O)N[C@@H]1Cc2ccccc2[C@@H]1C. The Kier molecular flexibility index (Phi) is 5.16. The molecule has 2 N–H and O–H groups in total. The van der Waals surface area contributed by atoms with Crippen molar-refractivity contribution in [2.75, 3.05) is 13.2 Å². The first-order valence-corrected chi connectivity index (χ1v) is 9.92. The molecule has 2 aliphatic rings. The maximum absolute atomic E-state index is 12.5. The highest BCUT2D eigenvalue weighted by molar-refractivity contribution is 5.74. The van der Waals surface area contributed by atoms with Crippen LogP contribution >= 0.6 is 0 Å². The summed E-state index contributed by atoms with van der Waals surface area (Å²) in [6.07, 6.45) is 3.67. The molecule has 6 nitrogen and oxygen atoms in total. The molecule has 0 bridgehead atoms. The van der Waals surface area contributed by atoms with Crippen LogP contribution in [0.1, 0.15) is 49.1 Å². The summed E-state index contributed by atoms with van der Waals surface area (Å²) in [5.41, 5.74) is 3.79. The van der Waals surface area contributed by atoms with Crippen molar-refractivity contribution in [2.45, 2.75) is 51.3 Å². The Morgan fingerprint density at radius 3 is 3.00 bits per heavy atom. The summed E-state index contributed by atoms with van der Waals surface area (Å²) < 4.78 is 7.92. The van der Waals surface area contributed by atoms with Gasteiger partial charge in [0.25, 0.3) is 0 Å². The van der Waals surface area contributed by atoms with Gasteiger partial charge in [-0.15, -0.1) is 0 Å². The number of urea groups is 1. The summed E-state index contributed by atoms with van der Waals surface area (Å²) in [6, 6.07) is 10.5. The molecule has 4 rings (SSSR count). The first-order valence-electron chi connectivity index (χ1n) is 9.92. The van der Waals surface area contributed by atoms with Crippen LogP contribution in [0.3, 0.4) is 0 Å². The van der Waals surface area contributed by atoms with E-state index in [2.05, 4.69) is 53.8 Å². The second-order valence-electron chi connectivity index (χ2n) is 7.56. The Morgan fingerprint density at radius 2 is 2.19 bits per heavy atom. The van der Waals surface area contributed by atoms with Crippen molar-refractivity contribution in [1.29, 1.82) is 0 Å². The Balaban J connectivity index is 1.32. The molecule has 1 aromatic carbocycles. The maximum Gasteiger partial charge on any atom is 0.315 e. The van der Waals surface area contributed by atoms with Gasteiger partial charge >= 0.3 is 6.03 Å². The summed E-state index contributed by atoms with van der Waals surface area (Å²) in [4.78, 5) is 12.5. The molecular weight excluding hydrogens is 340 g/mol. The molecule has 0 saturated carbocycles. The molecule has 27 heavy (non-hydrogen) atoms. The van der Waals surface area contributed by atoms with Gasteiger partial charge in [0.05, 0.1) is 5.69 Å². The number of nitrogens with zero attached hydrogens (tertiary/aromatic N) is 2. The van der Waals surface area contributed by atoms with Gasteiger partial charge in [0.2, 0.25) is 0 Å². The standard InChI is InChI=1S/C21H28N4O2/c1-3-25-19(8-10-23-25)20-16(9-11-27-20)13-22-21(26)24-18-12-15-6-4-5-7-17(15)14(18)2/h4-8,10,14,16,18,20H,3,9,11-13H2,1-2H3,(H2,22,24,26)/t14-,16-,18+,20+/m0/s1. The van der Waals surface area contributed by atoms with E-state index in [1.807, 2.05) is 16.9 Å². The quantitative estimate of drug-likeness (QED) is 0.852. The number of hydrogen-bond acceptors (Lipinski definition) is 3. The van der Waals surface area contributed by atoms with E-state index in [0.29, 0.717) is 12.5 Å². The van der Waals surface area contributed by atoms with Crippen LogP contribution in [0.15, 0.2) is 36.5 Å². The van der Waals surface area contributed by atoms with Crippen LogP contribution < -0.4 is 10.6 Å². The Hall–Kier alpha value is -2.34. The molecule has 0 radical (unpaired) electrons. The maximum atomic E-state index is 12.5. The van der Waals surface area contributed by atoms with Crippen LogP contribution in [0.4, 0.5) is 4.79 Å². The summed E-state index contributed by atoms with van der Waals surface area (Å²) in [7, 11) is 0. The summed E-state index contributed by atoms with van der Waals surface area (Å²) in [5, 5.41) is 10.6. The van der Waals surface area contributed by atoms with Crippen LogP contribution in [0.25, 0.3) is 0 Å². The number of carbonyl (C=O) groups excluding carboxylic acids is 1. The number of fused-ring (bicyclic) bond motifs is 1. The van der Waals surface area contributed by atoms with E-state index in [-0.39, 0.29) is 24.1 Å². The minimum Gasteiger partial charge on any atom is -0.372 e. The highest BCUT2D eigenvalue weighted by Gasteiger charge is 2.33. The van der Waals surface area contributed by atoms with Crippen molar-refractivity contribution >= 4 is 6.03 Å². The van der Waals surface area contributed by atoms with Crippen molar-refractivity contribution in [3.8, 4) is 0 Å². The number of nitrogens with one attached hydrogen (secondary N) is 2. The van der Waals surface area contributed by atoms with Gasteiger partial charge in [0.1, 0.15) is 6.10 Å². The normalized spacial score (nSPS) is 26.7. The van der Waals surface area contributed by atoms with Gasteiger partial charge in [-0.1, -0.05) is 31.2 Å². The molecular formula is C21H28N4O2. The molecule has 2 heterocycles. The third-order valence-electron chi connectivity index (χ3n) is 5.98. The van der Waals surface area contributed by atoms with E-state index >= 15 is 0 Å². The lowest BCUT2D eigenvalue weighted by molar-refractivity contribution is 0.0835. The average molecular weight is 368 g/mol. The second kappa shape index (κ2) is 7.72. The van der Waals surface area contributed by atoms with Crippen LogP contribution in [0.2, 0.25) is 0 Å². The summed E-state index contributed by atoms with van der Waals surface area (Å²) in [5.74, 6) is 0.615. The molecule has 2 aromatic rings. The molecule has 1 saturated heterocycles. The van der Waals surface area contributed by atoms with Gasteiger partial charge in [0.15, 0.2) is 0 Å². The predicted molar refractivity (Wildman–Crippen MR) is 104 cm³/mol. The molecule has 1 aliphatic heterocycles. The van der Waals surface area contributed by atoms with Crippen LogP contribution in [-0.2, 0) is 17.7 Å². The number of ether oxygens (including phenoxy) is 1. The molecule has 0 spiro atoms. The lowest BCUT2D eigenvalue weighted by atomic mass is 9.99. The van der Waals surface area contributed by atoms with Crippen LogP contribution in [0.5, 0.6) is 0 Å². The largest absolute Gasteiger partial charge is 0.372 e. The fraction of sp³-hybridized carbons (Fsp3) is 0.524. The van der Waals surface area contributed by atoms with Gasteiger partial charge in [-0.2, -0.15) is 5.10 Å². The number of aromatic nitrogens is 2. The lowest BCUT2D eigenvalue weighted by Crippen LogP contribution is -2.45. The minimum atomic E-state index is -0.0886. The number of hydrogen-bond donors (Lipinski definition) is 2. The molecule has 0 unspecified atom stereocenters. The molecule has 2 amide bonds. The Bertz CT molecular complexity index is 803. The summed E-state index contributed by atoms with van der Waals surface area (Å²) in [6.45, 7) is 6.42. The number of rotatable bonds is 5. The molecule has 1 aliphatic carbocycles. The zero-order valence-electron chi connectivity index (χ0n) is 16.0. The van der Waals surface area contributed by atoms with Gasteiger partial charge < -0.3 is 15.4 Å². The topological polar surface area (TPSA) is 68.2 Å². The monoisotopic (exact) mass is 368 g/mol. The molecule has 6 heteroatoms. The van der Waals surface area contributed by atoms with Gasteiger partial charge in [0, 0.05) is 43.8 Å². The average Bonchev–Trinajstić information content (AvgIpc) is 3.39. The van der Waals surface area contributed by atoms with E-state index in [1.165, 1.54) is 11.1 Å². The van der Waals surface area contributed by atoms with Crippen molar-refractivity contribution in [3.63, 3.8) is 0 Å². The number of amides is 2. The van der Waals surface area contributed by atoms with E-state index in [0.717, 1.165) is 31.7 Å². The third kappa shape index (κ3) is 3.58. The fourth-order valence-electron chi connectivity index (χ4n) is 4.43. The van der Waals surface area contributed by atoms with Crippen molar-refractivity contribution in [3.05, 3.63) is 53.3 Å². The zero-order valence-corrected chi connectivity index (χ0v) is 16.0. The minimum absolute atomic E-state index is 0.00223.